The van der Waals surface area contributed by atoms with Crippen LogP contribution in [0.5, 0.6) is 0 Å². The van der Waals surface area contributed by atoms with Crippen molar-refractivity contribution in [1.82, 2.24) is 10.3 Å². The first kappa shape index (κ1) is 14.1. The number of aryl methyl sites for hydroxylation is 1. The Bertz CT molecular complexity index is 535. The van der Waals surface area contributed by atoms with Crippen molar-refractivity contribution >= 4 is 11.6 Å². The van der Waals surface area contributed by atoms with Crippen molar-refractivity contribution in [2.75, 3.05) is 6.54 Å². The minimum Gasteiger partial charge on any atom is -0.463 e. The molecule has 0 aliphatic rings. The molecule has 2 aromatic heterocycles. The van der Waals surface area contributed by atoms with Crippen LogP contribution in [0.1, 0.15) is 24.0 Å². The van der Waals surface area contributed by atoms with E-state index in [1.54, 1.807) is 25.3 Å². The predicted molar refractivity (Wildman–Crippen MR) is 74.0 cm³/mol. The Kier molecular flexibility index (Phi) is 4.24. The minimum absolute atomic E-state index is 0.391. The summed E-state index contributed by atoms with van der Waals surface area (Å²) in [5.74, 6) is 1.35. The molecule has 0 fully saturated rings. The molecule has 1 unspecified atom stereocenters. The molecule has 0 saturated heterocycles. The molecule has 2 N–H and O–H groups in total. The highest BCUT2D eigenvalue weighted by Crippen LogP contribution is 2.22. The molecule has 0 saturated carbocycles. The molecule has 0 aromatic carbocycles. The summed E-state index contributed by atoms with van der Waals surface area (Å²) in [6.45, 7) is 4.58. The van der Waals surface area contributed by atoms with Gasteiger partial charge >= 0.3 is 0 Å². The lowest BCUT2D eigenvalue weighted by molar-refractivity contribution is 0.0332. The van der Waals surface area contributed by atoms with Crippen LogP contribution in [0.15, 0.2) is 34.9 Å². The van der Waals surface area contributed by atoms with Gasteiger partial charge in [-0.1, -0.05) is 17.7 Å². The third kappa shape index (κ3) is 3.80. The number of hydrogen-bond acceptors (Lipinski definition) is 4. The van der Waals surface area contributed by atoms with Gasteiger partial charge in [-0.25, -0.2) is 4.98 Å². The average molecular weight is 281 g/mol. The predicted octanol–water partition coefficient (Wildman–Crippen LogP) is 2.63. The standard InChI is InChI=1S/C14H17ClN2O2/c1-10-3-5-12(19-10)14(2,18)9-16-7-11-4-6-13(15)17-8-11/h3-6,8,16,18H,7,9H2,1-2H3. The first-order valence-electron chi connectivity index (χ1n) is 6.08. The molecule has 102 valence electrons. The molecule has 1 atom stereocenters. The van der Waals surface area contributed by atoms with Gasteiger partial charge in [0.2, 0.25) is 0 Å². The van der Waals surface area contributed by atoms with Crippen molar-refractivity contribution in [3.05, 3.63) is 52.7 Å². The lowest BCUT2D eigenvalue weighted by atomic mass is 10.0. The van der Waals surface area contributed by atoms with E-state index >= 15 is 0 Å². The maximum Gasteiger partial charge on any atom is 0.136 e. The third-order valence-corrected chi connectivity index (χ3v) is 3.08. The number of rotatable bonds is 5. The number of aromatic nitrogens is 1. The fraction of sp³-hybridized carbons (Fsp3) is 0.357. The van der Waals surface area contributed by atoms with Gasteiger partial charge in [-0.2, -0.15) is 0 Å². The molecular formula is C14H17ClN2O2. The topological polar surface area (TPSA) is 58.3 Å². The van der Waals surface area contributed by atoms with Crippen LogP contribution in [0, 0.1) is 6.92 Å². The van der Waals surface area contributed by atoms with Crippen molar-refractivity contribution in [2.45, 2.75) is 26.0 Å². The molecular weight excluding hydrogens is 264 g/mol. The van der Waals surface area contributed by atoms with E-state index in [1.165, 1.54) is 0 Å². The largest absolute Gasteiger partial charge is 0.463 e. The van der Waals surface area contributed by atoms with Gasteiger partial charge in [0.1, 0.15) is 22.3 Å². The first-order valence-corrected chi connectivity index (χ1v) is 6.45. The molecule has 5 heteroatoms. The number of nitrogens with zero attached hydrogens (tertiary/aromatic N) is 1. The van der Waals surface area contributed by atoms with Gasteiger partial charge in [0.25, 0.3) is 0 Å². The Labute approximate surface area is 117 Å². The van der Waals surface area contributed by atoms with Gasteiger partial charge in [-0.3, -0.25) is 0 Å². The Balaban J connectivity index is 1.89. The van der Waals surface area contributed by atoms with E-state index in [9.17, 15) is 5.11 Å². The number of aliphatic hydroxyl groups is 1. The maximum absolute atomic E-state index is 10.3. The van der Waals surface area contributed by atoms with Crippen LogP contribution in [-0.4, -0.2) is 16.6 Å². The molecule has 2 rings (SSSR count). The van der Waals surface area contributed by atoms with Crippen LogP contribution in [0.3, 0.4) is 0 Å². The van der Waals surface area contributed by atoms with E-state index in [2.05, 4.69) is 10.3 Å². The van der Waals surface area contributed by atoms with Crippen molar-refractivity contribution in [2.24, 2.45) is 0 Å². The first-order chi connectivity index (χ1) is 8.97. The number of furan rings is 1. The zero-order chi connectivity index (χ0) is 13.9. The van der Waals surface area contributed by atoms with Crippen molar-refractivity contribution in [3.8, 4) is 0 Å². The van der Waals surface area contributed by atoms with Crippen LogP contribution in [0.4, 0.5) is 0 Å². The zero-order valence-electron chi connectivity index (χ0n) is 11.0. The SMILES string of the molecule is Cc1ccc(C(C)(O)CNCc2ccc(Cl)nc2)o1. The summed E-state index contributed by atoms with van der Waals surface area (Å²) in [6.07, 6.45) is 1.71. The van der Waals surface area contributed by atoms with E-state index in [-0.39, 0.29) is 0 Å². The van der Waals surface area contributed by atoms with Crippen LogP contribution in [-0.2, 0) is 12.1 Å². The summed E-state index contributed by atoms with van der Waals surface area (Å²) in [4.78, 5) is 4.00. The van der Waals surface area contributed by atoms with Crippen molar-refractivity contribution in [3.63, 3.8) is 0 Å². The van der Waals surface area contributed by atoms with Gasteiger partial charge in [0.15, 0.2) is 0 Å². The molecule has 4 nitrogen and oxygen atoms in total. The number of hydrogen-bond donors (Lipinski definition) is 2. The number of halogens is 1. The van der Waals surface area contributed by atoms with Gasteiger partial charge in [0.05, 0.1) is 0 Å². The molecule has 0 amide bonds. The van der Waals surface area contributed by atoms with E-state index in [4.69, 9.17) is 16.0 Å². The summed E-state index contributed by atoms with van der Waals surface area (Å²) in [5.41, 5.74) is -0.0236. The van der Waals surface area contributed by atoms with E-state index in [1.807, 2.05) is 19.1 Å². The second kappa shape index (κ2) is 5.74. The summed E-state index contributed by atoms with van der Waals surface area (Å²) in [6, 6.07) is 7.27. The second-order valence-electron chi connectivity index (χ2n) is 4.78. The average Bonchev–Trinajstić information content (AvgIpc) is 2.79. The molecule has 0 radical (unpaired) electrons. The van der Waals surface area contributed by atoms with Crippen LogP contribution in [0.25, 0.3) is 0 Å². The van der Waals surface area contributed by atoms with Crippen molar-refractivity contribution in [1.29, 1.82) is 0 Å². The van der Waals surface area contributed by atoms with Crippen molar-refractivity contribution < 1.29 is 9.52 Å². The fourth-order valence-electron chi connectivity index (χ4n) is 1.77. The summed E-state index contributed by atoms with van der Waals surface area (Å²) in [7, 11) is 0. The monoisotopic (exact) mass is 280 g/mol. The van der Waals surface area contributed by atoms with Gasteiger partial charge in [-0.15, -0.1) is 0 Å². The van der Waals surface area contributed by atoms with Gasteiger partial charge < -0.3 is 14.8 Å². The molecule has 19 heavy (non-hydrogen) atoms. The molecule has 0 aliphatic heterocycles. The van der Waals surface area contributed by atoms with Crippen LogP contribution >= 0.6 is 11.6 Å². The normalized spacial score (nSPS) is 14.3. The highest BCUT2D eigenvalue weighted by molar-refractivity contribution is 6.29. The molecule has 2 heterocycles. The highest BCUT2D eigenvalue weighted by atomic mass is 35.5. The van der Waals surface area contributed by atoms with Gasteiger partial charge in [0, 0.05) is 19.3 Å². The van der Waals surface area contributed by atoms with E-state index < -0.39 is 5.60 Å². The Morgan fingerprint density at radius 2 is 2.16 bits per heavy atom. The Hall–Kier alpha value is -1.36. The fourth-order valence-corrected chi connectivity index (χ4v) is 1.88. The van der Waals surface area contributed by atoms with E-state index in [0.717, 1.165) is 11.3 Å². The second-order valence-corrected chi connectivity index (χ2v) is 5.16. The van der Waals surface area contributed by atoms with Crippen LogP contribution in [0.2, 0.25) is 5.15 Å². The third-order valence-electron chi connectivity index (χ3n) is 2.86. The molecule has 0 bridgehead atoms. The Morgan fingerprint density at radius 3 is 2.74 bits per heavy atom. The molecule has 0 aliphatic carbocycles. The molecule has 2 aromatic rings. The number of nitrogens with one attached hydrogen (secondary N) is 1. The maximum atomic E-state index is 10.3. The van der Waals surface area contributed by atoms with E-state index in [0.29, 0.717) is 24.0 Å². The lowest BCUT2D eigenvalue weighted by Gasteiger charge is -2.21. The van der Waals surface area contributed by atoms with Crippen LogP contribution < -0.4 is 5.32 Å². The zero-order valence-corrected chi connectivity index (χ0v) is 11.7. The summed E-state index contributed by atoms with van der Waals surface area (Å²) >= 11 is 5.72. The quantitative estimate of drug-likeness (QED) is 0.827. The smallest absolute Gasteiger partial charge is 0.136 e. The minimum atomic E-state index is -1.03. The summed E-state index contributed by atoms with van der Waals surface area (Å²) in [5, 5.41) is 14.0. The Morgan fingerprint density at radius 1 is 1.37 bits per heavy atom. The number of pyridine rings is 1. The van der Waals surface area contributed by atoms with Gasteiger partial charge in [-0.05, 0) is 37.6 Å². The highest BCUT2D eigenvalue weighted by Gasteiger charge is 2.26. The summed E-state index contributed by atoms with van der Waals surface area (Å²) < 4.78 is 5.45. The molecule has 0 spiro atoms. The lowest BCUT2D eigenvalue weighted by Crippen LogP contribution is -2.34.